The molecule has 0 aliphatic rings. The highest BCUT2D eigenvalue weighted by Crippen LogP contribution is 2.35. The highest BCUT2D eigenvalue weighted by atomic mass is 32.2. The molecule has 0 atom stereocenters. The Bertz CT molecular complexity index is 542. The SMILES string of the molecule is CCNc1cc(C(F)(F)F)cc(Sc2ncns2)n1. The van der Waals surface area contributed by atoms with Crippen LogP contribution in [0.25, 0.3) is 0 Å². The van der Waals surface area contributed by atoms with E-state index in [9.17, 15) is 13.2 Å². The largest absolute Gasteiger partial charge is 0.416 e. The molecule has 19 heavy (non-hydrogen) atoms. The molecule has 0 unspecified atom stereocenters. The summed E-state index contributed by atoms with van der Waals surface area (Å²) < 4.78 is 42.7. The lowest BCUT2D eigenvalue weighted by atomic mass is 10.2. The van der Waals surface area contributed by atoms with Gasteiger partial charge in [0.1, 0.15) is 17.2 Å². The predicted molar refractivity (Wildman–Crippen MR) is 67.4 cm³/mol. The van der Waals surface area contributed by atoms with E-state index in [4.69, 9.17) is 0 Å². The van der Waals surface area contributed by atoms with Gasteiger partial charge < -0.3 is 5.32 Å². The van der Waals surface area contributed by atoms with Gasteiger partial charge in [-0.1, -0.05) is 0 Å². The molecule has 1 N–H and O–H groups in total. The summed E-state index contributed by atoms with van der Waals surface area (Å²) in [6.07, 6.45) is -3.05. The van der Waals surface area contributed by atoms with Crippen LogP contribution in [-0.2, 0) is 6.18 Å². The van der Waals surface area contributed by atoms with Crippen LogP contribution in [0, 0.1) is 0 Å². The lowest BCUT2D eigenvalue weighted by Crippen LogP contribution is -2.08. The molecule has 9 heteroatoms. The van der Waals surface area contributed by atoms with Crippen molar-refractivity contribution in [3.63, 3.8) is 0 Å². The first-order chi connectivity index (χ1) is 8.99. The summed E-state index contributed by atoms with van der Waals surface area (Å²) in [5, 5.41) is 3.02. The minimum atomic E-state index is -4.40. The van der Waals surface area contributed by atoms with Crippen molar-refractivity contribution < 1.29 is 13.2 Å². The molecule has 0 saturated carbocycles. The van der Waals surface area contributed by atoms with Crippen LogP contribution in [0.2, 0.25) is 0 Å². The zero-order chi connectivity index (χ0) is 13.9. The normalized spacial score (nSPS) is 11.6. The number of pyridine rings is 1. The van der Waals surface area contributed by atoms with Crippen LogP contribution in [0.1, 0.15) is 12.5 Å². The van der Waals surface area contributed by atoms with Crippen molar-refractivity contribution >= 4 is 29.1 Å². The Morgan fingerprint density at radius 2 is 2.16 bits per heavy atom. The van der Waals surface area contributed by atoms with Crippen molar-refractivity contribution in [2.75, 3.05) is 11.9 Å². The van der Waals surface area contributed by atoms with Gasteiger partial charge in [-0.2, -0.15) is 17.5 Å². The molecule has 2 rings (SSSR count). The molecule has 2 aromatic rings. The van der Waals surface area contributed by atoms with Crippen molar-refractivity contribution in [3.8, 4) is 0 Å². The van der Waals surface area contributed by atoms with Crippen molar-refractivity contribution in [3.05, 3.63) is 24.0 Å². The Labute approximate surface area is 115 Å². The second kappa shape index (κ2) is 5.74. The molecule has 0 aliphatic heterocycles. The first-order valence-electron chi connectivity index (χ1n) is 5.26. The van der Waals surface area contributed by atoms with Gasteiger partial charge in [0.25, 0.3) is 0 Å². The number of rotatable bonds is 4. The molecule has 0 amide bonds. The van der Waals surface area contributed by atoms with E-state index in [1.54, 1.807) is 6.92 Å². The molecular weight excluding hydrogens is 297 g/mol. The predicted octanol–water partition coefficient (Wildman–Crippen LogP) is 3.53. The van der Waals surface area contributed by atoms with E-state index in [2.05, 4.69) is 19.7 Å². The third kappa shape index (κ3) is 3.80. The lowest BCUT2D eigenvalue weighted by Gasteiger charge is -2.11. The smallest absolute Gasteiger partial charge is 0.370 e. The first kappa shape index (κ1) is 14.1. The van der Waals surface area contributed by atoms with Crippen LogP contribution in [0.4, 0.5) is 19.0 Å². The Morgan fingerprint density at radius 1 is 1.37 bits per heavy atom. The summed E-state index contributed by atoms with van der Waals surface area (Å²) in [4.78, 5) is 8.01. The third-order valence-electron chi connectivity index (χ3n) is 2.02. The van der Waals surface area contributed by atoms with Crippen LogP contribution in [0.5, 0.6) is 0 Å². The van der Waals surface area contributed by atoms with E-state index < -0.39 is 11.7 Å². The zero-order valence-electron chi connectivity index (χ0n) is 9.73. The Balaban J connectivity index is 2.34. The second-order valence-electron chi connectivity index (χ2n) is 3.42. The summed E-state index contributed by atoms with van der Waals surface area (Å²) in [7, 11) is 0. The number of alkyl halides is 3. The van der Waals surface area contributed by atoms with Crippen LogP contribution in [0.3, 0.4) is 0 Å². The third-order valence-corrected chi connectivity index (χ3v) is 3.65. The van der Waals surface area contributed by atoms with Gasteiger partial charge in [0.15, 0.2) is 4.34 Å². The maximum atomic E-state index is 12.8. The number of hydrogen-bond donors (Lipinski definition) is 1. The summed E-state index contributed by atoms with van der Waals surface area (Å²) in [6.45, 7) is 2.29. The average molecular weight is 306 g/mol. The number of anilines is 1. The maximum Gasteiger partial charge on any atom is 0.416 e. The molecule has 0 fully saturated rings. The van der Waals surface area contributed by atoms with E-state index in [1.807, 2.05) is 0 Å². The molecular formula is C10H9F3N4S2. The van der Waals surface area contributed by atoms with Crippen LogP contribution in [-0.4, -0.2) is 20.9 Å². The van der Waals surface area contributed by atoms with Gasteiger partial charge in [0, 0.05) is 6.54 Å². The summed E-state index contributed by atoms with van der Waals surface area (Å²) >= 11 is 2.17. The summed E-state index contributed by atoms with van der Waals surface area (Å²) in [6, 6.07) is 2.00. The minimum Gasteiger partial charge on any atom is -0.370 e. The molecule has 2 aromatic heterocycles. The number of halogens is 3. The van der Waals surface area contributed by atoms with E-state index >= 15 is 0 Å². The van der Waals surface area contributed by atoms with Gasteiger partial charge in [-0.05, 0) is 42.4 Å². The van der Waals surface area contributed by atoms with Gasteiger partial charge in [-0.15, -0.1) is 0 Å². The first-order valence-corrected chi connectivity index (χ1v) is 6.85. The highest BCUT2D eigenvalue weighted by Gasteiger charge is 2.31. The highest BCUT2D eigenvalue weighted by molar-refractivity contribution is 8.00. The van der Waals surface area contributed by atoms with Crippen molar-refractivity contribution in [1.82, 2.24) is 14.3 Å². The monoisotopic (exact) mass is 306 g/mol. The van der Waals surface area contributed by atoms with Gasteiger partial charge in [-0.3, -0.25) is 0 Å². The van der Waals surface area contributed by atoms with Gasteiger partial charge >= 0.3 is 6.18 Å². The zero-order valence-corrected chi connectivity index (χ0v) is 11.4. The van der Waals surface area contributed by atoms with Crippen molar-refractivity contribution in [1.29, 1.82) is 0 Å². The van der Waals surface area contributed by atoms with E-state index in [1.165, 1.54) is 6.33 Å². The maximum absolute atomic E-state index is 12.8. The van der Waals surface area contributed by atoms with Gasteiger partial charge in [-0.25, -0.2) is 9.97 Å². The summed E-state index contributed by atoms with van der Waals surface area (Å²) in [5.74, 6) is 0.198. The molecule has 2 heterocycles. The molecule has 0 spiro atoms. The molecule has 0 saturated heterocycles. The fraction of sp³-hybridized carbons (Fsp3) is 0.300. The van der Waals surface area contributed by atoms with Crippen molar-refractivity contribution in [2.24, 2.45) is 0 Å². The fourth-order valence-corrected chi connectivity index (χ4v) is 2.71. The molecule has 102 valence electrons. The Hall–Kier alpha value is -1.35. The number of nitrogens with zero attached hydrogens (tertiary/aromatic N) is 3. The minimum absolute atomic E-state index is 0.198. The standard InChI is InChI=1S/C10H9F3N4S2/c1-2-14-7-3-6(10(11,12)13)4-8(17-7)18-9-15-5-16-19-9/h3-5H,2H2,1H3,(H,14,17). The van der Waals surface area contributed by atoms with Gasteiger partial charge in [0.05, 0.1) is 5.56 Å². The molecule has 0 bridgehead atoms. The van der Waals surface area contributed by atoms with Gasteiger partial charge in [0.2, 0.25) is 0 Å². The number of aromatic nitrogens is 3. The molecule has 4 nitrogen and oxygen atoms in total. The van der Waals surface area contributed by atoms with E-state index in [-0.39, 0.29) is 10.8 Å². The Kier molecular flexibility index (Phi) is 4.25. The lowest BCUT2D eigenvalue weighted by molar-refractivity contribution is -0.137. The molecule has 0 radical (unpaired) electrons. The van der Waals surface area contributed by atoms with Crippen LogP contribution >= 0.6 is 23.3 Å². The summed E-state index contributed by atoms with van der Waals surface area (Å²) in [5.41, 5.74) is -0.731. The Morgan fingerprint density at radius 3 is 2.74 bits per heavy atom. The topological polar surface area (TPSA) is 50.7 Å². The van der Waals surface area contributed by atoms with E-state index in [0.717, 1.165) is 35.4 Å². The number of nitrogens with one attached hydrogen (secondary N) is 1. The number of hydrogen-bond acceptors (Lipinski definition) is 6. The van der Waals surface area contributed by atoms with Crippen molar-refractivity contribution in [2.45, 2.75) is 22.5 Å². The average Bonchev–Trinajstić information content (AvgIpc) is 2.81. The van der Waals surface area contributed by atoms with Crippen LogP contribution in [0.15, 0.2) is 27.8 Å². The van der Waals surface area contributed by atoms with E-state index in [0.29, 0.717) is 10.9 Å². The fourth-order valence-electron chi connectivity index (χ4n) is 1.29. The second-order valence-corrected chi connectivity index (χ2v) is 5.46. The molecule has 0 aliphatic carbocycles. The quantitative estimate of drug-likeness (QED) is 0.936. The van der Waals surface area contributed by atoms with Crippen LogP contribution < -0.4 is 5.32 Å². The molecule has 0 aromatic carbocycles.